The molecule has 11 heteroatoms. The molecular weight excluding hydrogens is 434 g/mol. The second kappa shape index (κ2) is 9.73. The van der Waals surface area contributed by atoms with Crippen molar-refractivity contribution < 1.29 is 23.0 Å². The lowest BCUT2D eigenvalue weighted by Gasteiger charge is -2.10. The van der Waals surface area contributed by atoms with Crippen LogP contribution >= 0.6 is 0 Å². The van der Waals surface area contributed by atoms with Crippen molar-refractivity contribution in [3.05, 3.63) is 79.1 Å². The van der Waals surface area contributed by atoms with Gasteiger partial charge in [-0.1, -0.05) is 6.07 Å². The molecule has 2 amide bonds. The molecule has 0 bridgehead atoms. The summed E-state index contributed by atoms with van der Waals surface area (Å²) in [6.45, 7) is -1.09. The van der Waals surface area contributed by atoms with Crippen LogP contribution in [0.5, 0.6) is 17.4 Å². The summed E-state index contributed by atoms with van der Waals surface area (Å²) in [6.07, 6.45) is 4.86. The van der Waals surface area contributed by atoms with Crippen LogP contribution in [0, 0.1) is 6.92 Å². The molecule has 2 heterocycles. The van der Waals surface area contributed by atoms with Crippen LogP contribution in [0.25, 0.3) is 5.82 Å². The molecule has 4 rings (SSSR count). The van der Waals surface area contributed by atoms with Crippen LogP contribution in [0.15, 0.2) is 73.3 Å². The molecular formula is C22H18F2N6O3. The fourth-order valence-corrected chi connectivity index (χ4v) is 2.91. The summed E-state index contributed by atoms with van der Waals surface area (Å²) in [6, 6.07) is 13.5. The predicted molar refractivity (Wildman–Crippen MR) is 116 cm³/mol. The summed E-state index contributed by atoms with van der Waals surface area (Å²) in [4.78, 5) is 24.7. The van der Waals surface area contributed by atoms with Gasteiger partial charge in [-0.3, -0.25) is 4.57 Å². The van der Waals surface area contributed by atoms with Gasteiger partial charge in [-0.05, 0) is 43.3 Å². The number of aryl methyl sites for hydroxylation is 1. The Morgan fingerprint density at radius 3 is 2.48 bits per heavy atom. The lowest BCUT2D eigenvalue weighted by atomic mass is 10.3. The molecule has 0 aliphatic rings. The van der Waals surface area contributed by atoms with Gasteiger partial charge in [0.05, 0.1) is 0 Å². The molecule has 4 aromatic rings. The smallest absolute Gasteiger partial charge is 0.387 e. The highest BCUT2D eigenvalue weighted by Crippen LogP contribution is 2.23. The molecule has 2 aromatic heterocycles. The number of urea groups is 1. The van der Waals surface area contributed by atoms with Crippen LogP contribution in [0.1, 0.15) is 5.82 Å². The van der Waals surface area contributed by atoms with E-state index in [-0.39, 0.29) is 5.75 Å². The highest BCUT2D eigenvalue weighted by Gasteiger charge is 2.09. The number of imidazole rings is 1. The Hall–Kier alpha value is -4.54. The maximum Gasteiger partial charge on any atom is 0.387 e. The number of halogens is 2. The third kappa shape index (κ3) is 5.79. The van der Waals surface area contributed by atoms with E-state index in [9.17, 15) is 13.6 Å². The summed E-state index contributed by atoms with van der Waals surface area (Å²) < 4.78 is 36.5. The van der Waals surface area contributed by atoms with Gasteiger partial charge >= 0.3 is 12.6 Å². The number of nitrogens with one attached hydrogen (secondary N) is 2. The summed E-state index contributed by atoms with van der Waals surface area (Å²) in [5.74, 6) is 2.19. The number of benzene rings is 2. The van der Waals surface area contributed by atoms with E-state index in [0.29, 0.717) is 28.8 Å². The SMILES string of the molecule is Cc1nccn1-c1cc(Oc2ccc(NC(=O)Nc3cccc(OC(F)F)c3)cc2)ncn1. The Kier molecular flexibility index (Phi) is 6.39. The number of nitrogens with zero attached hydrogens (tertiary/aromatic N) is 4. The topological polar surface area (TPSA) is 103 Å². The van der Waals surface area contributed by atoms with Crippen LogP contribution in [-0.2, 0) is 0 Å². The third-order valence-electron chi connectivity index (χ3n) is 4.35. The number of ether oxygens (including phenoxy) is 2. The molecule has 0 saturated heterocycles. The maximum absolute atomic E-state index is 12.3. The quantitative estimate of drug-likeness (QED) is 0.409. The Morgan fingerprint density at radius 2 is 1.76 bits per heavy atom. The van der Waals surface area contributed by atoms with E-state index in [1.807, 2.05) is 6.92 Å². The fraction of sp³-hybridized carbons (Fsp3) is 0.0909. The van der Waals surface area contributed by atoms with Crippen molar-refractivity contribution in [3.63, 3.8) is 0 Å². The van der Waals surface area contributed by atoms with Gasteiger partial charge in [0, 0.05) is 35.9 Å². The molecule has 0 atom stereocenters. The van der Waals surface area contributed by atoms with E-state index in [1.54, 1.807) is 53.4 Å². The van der Waals surface area contributed by atoms with Crippen molar-refractivity contribution in [1.29, 1.82) is 0 Å². The highest BCUT2D eigenvalue weighted by atomic mass is 19.3. The van der Waals surface area contributed by atoms with Crippen molar-refractivity contribution >= 4 is 17.4 Å². The monoisotopic (exact) mass is 452 g/mol. The minimum Gasteiger partial charge on any atom is -0.439 e. The van der Waals surface area contributed by atoms with Crippen molar-refractivity contribution in [2.24, 2.45) is 0 Å². The zero-order valence-electron chi connectivity index (χ0n) is 17.3. The van der Waals surface area contributed by atoms with Gasteiger partial charge in [0.25, 0.3) is 0 Å². The molecule has 0 aliphatic heterocycles. The molecule has 168 valence electrons. The normalized spacial score (nSPS) is 10.7. The van der Waals surface area contributed by atoms with Crippen LogP contribution in [0.3, 0.4) is 0 Å². The number of alkyl halides is 2. The van der Waals surface area contributed by atoms with Gasteiger partial charge in [0.15, 0.2) is 0 Å². The number of carbonyl (C=O) groups excluding carboxylic acids is 1. The molecule has 2 N–H and O–H groups in total. The van der Waals surface area contributed by atoms with Gasteiger partial charge in [-0.2, -0.15) is 8.78 Å². The lowest BCUT2D eigenvalue weighted by Crippen LogP contribution is -2.19. The predicted octanol–water partition coefficient (Wildman–Crippen LogP) is 5.01. The molecule has 0 fully saturated rings. The van der Waals surface area contributed by atoms with E-state index >= 15 is 0 Å². The zero-order chi connectivity index (χ0) is 23.2. The number of hydrogen-bond donors (Lipinski definition) is 2. The third-order valence-corrected chi connectivity index (χ3v) is 4.35. The Morgan fingerprint density at radius 1 is 0.970 bits per heavy atom. The number of anilines is 2. The standard InChI is InChI=1S/C22H18F2N6O3/c1-14-25-9-10-30(14)19-12-20(27-13-26-19)32-17-7-5-15(6-8-17)28-22(31)29-16-3-2-4-18(11-16)33-21(23)24/h2-13,21H,1H3,(H2,28,29,31). The first-order valence-corrected chi connectivity index (χ1v) is 9.69. The molecule has 2 aromatic carbocycles. The van der Waals surface area contributed by atoms with Crippen molar-refractivity contribution in [3.8, 4) is 23.2 Å². The van der Waals surface area contributed by atoms with E-state index in [1.165, 1.54) is 24.5 Å². The molecule has 9 nitrogen and oxygen atoms in total. The second-order valence-electron chi connectivity index (χ2n) is 6.67. The minimum atomic E-state index is -2.95. The first-order chi connectivity index (χ1) is 16.0. The molecule has 0 radical (unpaired) electrons. The van der Waals surface area contributed by atoms with Gasteiger partial charge < -0.3 is 20.1 Å². The number of aromatic nitrogens is 4. The molecule has 0 spiro atoms. The van der Waals surface area contributed by atoms with E-state index in [0.717, 1.165) is 5.82 Å². The van der Waals surface area contributed by atoms with Gasteiger partial charge in [0.2, 0.25) is 5.88 Å². The molecule has 0 aliphatic carbocycles. The van der Waals surface area contributed by atoms with Gasteiger partial charge in [0.1, 0.15) is 29.5 Å². The van der Waals surface area contributed by atoms with Gasteiger partial charge in [-0.25, -0.2) is 19.7 Å². The van der Waals surface area contributed by atoms with Crippen LogP contribution in [0.2, 0.25) is 0 Å². The number of amides is 2. The van der Waals surface area contributed by atoms with Crippen LogP contribution < -0.4 is 20.1 Å². The summed E-state index contributed by atoms with van der Waals surface area (Å²) in [7, 11) is 0. The number of hydrogen-bond acceptors (Lipinski definition) is 6. The summed E-state index contributed by atoms with van der Waals surface area (Å²) >= 11 is 0. The Labute approximate surface area is 187 Å². The first-order valence-electron chi connectivity index (χ1n) is 9.69. The van der Waals surface area contributed by atoms with Crippen molar-refractivity contribution in [2.45, 2.75) is 13.5 Å². The zero-order valence-corrected chi connectivity index (χ0v) is 17.3. The molecule has 33 heavy (non-hydrogen) atoms. The van der Waals surface area contributed by atoms with E-state index < -0.39 is 12.6 Å². The van der Waals surface area contributed by atoms with Crippen molar-refractivity contribution in [2.75, 3.05) is 10.6 Å². The van der Waals surface area contributed by atoms with E-state index in [2.05, 4.69) is 30.3 Å². The largest absolute Gasteiger partial charge is 0.439 e. The van der Waals surface area contributed by atoms with Crippen LogP contribution in [-0.4, -0.2) is 32.2 Å². The number of carbonyl (C=O) groups is 1. The first kappa shape index (κ1) is 21.7. The van der Waals surface area contributed by atoms with E-state index in [4.69, 9.17) is 4.74 Å². The second-order valence-corrected chi connectivity index (χ2v) is 6.67. The maximum atomic E-state index is 12.3. The summed E-state index contributed by atoms with van der Waals surface area (Å²) in [5, 5.41) is 5.20. The van der Waals surface area contributed by atoms with Crippen molar-refractivity contribution in [1.82, 2.24) is 19.5 Å². The molecule has 0 saturated carbocycles. The lowest BCUT2D eigenvalue weighted by molar-refractivity contribution is -0.0498. The number of rotatable bonds is 7. The average molecular weight is 452 g/mol. The summed E-state index contributed by atoms with van der Waals surface area (Å²) in [5.41, 5.74) is 0.801. The average Bonchev–Trinajstić information content (AvgIpc) is 3.21. The molecule has 0 unspecified atom stereocenters. The highest BCUT2D eigenvalue weighted by molar-refractivity contribution is 5.99. The minimum absolute atomic E-state index is 0.0552. The van der Waals surface area contributed by atoms with Crippen LogP contribution in [0.4, 0.5) is 25.0 Å². The Bertz CT molecular complexity index is 1250. The van der Waals surface area contributed by atoms with Gasteiger partial charge in [-0.15, -0.1) is 0 Å². The fourth-order valence-electron chi connectivity index (χ4n) is 2.91. The Balaban J connectivity index is 1.36.